The number of methoxy groups -OCH3 is 1. The summed E-state index contributed by atoms with van der Waals surface area (Å²) in [6.45, 7) is 5.81. The van der Waals surface area contributed by atoms with Gasteiger partial charge in [-0.05, 0) is 44.9 Å². The molecule has 106 valence electrons. The lowest BCUT2D eigenvalue weighted by atomic mass is 9.99. The number of carbonyl (C=O) groups excluding carboxylic acids is 1. The van der Waals surface area contributed by atoms with Crippen LogP contribution < -0.4 is 15.8 Å². The maximum absolute atomic E-state index is 11.8. The summed E-state index contributed by atoms with van der Waals surface area (Å²) in [5, 5.41) is 2.97. The Bertz CT molecular complexity index is 407. The van der Waals surface area contributed by atoms with Crippen molar-refractivity contribution in [2.45, 2.75) is 45.2 Å². The lowest BCUT2D eigenvalue weighted by Crippen LogP contribution is -2.35. The van der Waals surface area contributed by atoms with Crippen molar-refractivity contribution in [3.63, 3.8) is 0 Å². The van der Waals surface area contributed by atoms with E-state index in [-0.39, 0.29) is 17.5 Å². The summed E-state index contributed by atoms with van der Waals surface area (Å²) in [6, 6.07) is 7.68. The van der Waals surface area contributed by atoms with E-state index < -0.39 is 0 Å². The highest BCUT2D eigenvalue weighted by Gasteiger charge is 2.15. The van der Waals surface area contributed by atoms with Gasteiger partial charge >= 0.3 is 0 Å². The molecule has 0 radical (unpaired) electrons. The van der Waals surface area contributed by atoms with Gasteiger partial charge in [0.2, 0.25) is 5.91 Å². The fourth-order valence-electron chi connectivity index (χ4n) is 1.73. The number of rotatable bonds is 6. The summed E-state index contributed by atoms with van der Waals surface area (Å²) in [5.74, 6) is 0.842. The van der Waals surface area contributed by atoms with E-state index in [4.69, 9.17) is 10.5 Å². The molecule has 0 heterocycles. The van der Waals surface area contributed by atoms with Gasteiger partial charge in [-0.3, -0.25) is 4.79 Å². The third kappa shape index (κ3) is 5.75. The maximum atomic E-state index is 11.8. The molecule has 0 aromatic heterocycles. The predicted molar refractivity (Wildman–Crippen MR) is 77.1 cm³/mol. The normalized spacial score (nSPS) is 12.9. The second kappa shape index (κ2) is 6.57. The monoisotopic (exact) mass is 264 g/mol. The molecule has 1 aromatic carbocycles. The van der Waals surface area contributed by atoms with Crippen molar-refractivity contribution in [1.82, 2.24) is 5.32 Å². The van der Waals surface area contributed by atoms with Crippen molar-refractivity contribution in [3.8, 4) is 5.75 Å². The standard InChI is InChI=1S/C15H24N2O2/c1-11(12-5-7-13(19-4)8-6-12)17-14(18)9-10-15(2,3)16/h5-8,11H,9-10,16H2,1-4H3,(H,17,18)/t11-/m1/s1. The molecule has 0 aliphatic heterocycles. The highest BCUT2D eigenvalue weighted by atomic mass is 16.5. The van der Waals surface area contributed by atoms with E-state index >= 15 is 0 Å². The molecule has 4 heteroatoms. The van der Waals surface area contributed by atoms with E-state index in [1.807, 2.05) is 45.0 Å². The molecule has 1 rings (SSSR count). The van der Waals surface area contributed by atoms with Crippen molar-refractivity contribution < 1.29 is 9.53 Å². The van der Waals surface area contributed by atoms with Crippen molar-refractivity contribution in [2.24, 2.45) is 5.73 Å². The minimum absolute atomic E-state index is 0.0145. The Morgan fingerprint density at radius 1 is 1.37 bits per heavy atom. The zero-order valence-electron chi connectivity index (χ0n) is 12.2. The predicted octanol–water partition coefficient (Wildman–Crippen LogP) is 2.39. The zero-order chi connectivity index (χ0) is 14.5. The molecule has 0 aliphatic rings. The number of nitrogens with two attached hydrogens (primary N) is 1. The first-order chi connectivity index (χ1) is 8.81. The van der Waals surface area contributed by atoms with Crippen LogP contribution in [-0.2, 0) is 4.79 Å². The number of ether oxygens (including phenoxy) is 1. The van der Waals surface area contributed by atoms with Crippen molar-refractivity contribution in [2.75, 3.05) is 7.11 Å². The zero-order valence-corrected chi connectivity index (χ0v) is 12.2. The van der Waals surface area contributed by atoms with E-state index in [0.29, 0.717) is 12.8 Å². The van der Waals surface area contributed by atoms with Crippen LogP contribution in [-0.4, -0.2) is 18.6 Å². The van der Waals surface area contributed by atoms with Crippen molar-refractivity contribution in [3.05, 3.63) is 29.8 Å². The third-order valence-corrected chi connectivity index (χ3v) is 2.99. The number of amides is 1. The lowest BCUT2D eigenvalue weighted by Gasteiger charge is -2.19. The first-order valence-corrected chi connectivity index (χ1v) is 6.54. The van der Waals surface area contributed by atoms with Gasteiger partial charge in [0.25, 0.3) is 0 Å². The quantitative estimate of drug-likeness (QED) is 0.829. The summed E-state index contributed by atoms with van der Waals surface area (Å²) < 4.78 is 5.10. The fourth-order valence-corrected chi connectivity index (χ4v) is 1.73. The molecule has 1 atom stereocenters. The Morgan fingerprint density at radius 2 is 1.95 bits per heavy atom. The second-order valence-corrected chi connectivity index (χ2v) is 5.55. The SMILES string of the molecule is COc1ccc([C@@H](C)NC(=O)CCC(C)(C)N)cc1. The van der Waals surface area contributed by atoms with E-state index in [1.54, 1.807) is 7.11 Å². The summed E-state index contributed by atoms with van der Waals surface area (Å²) in [6.07, 6.45) is 1.12. The second-order valence-electron chi connectivity index (χ2n) is 5.55. The molecule has 1 aromatic rings. The first kappa shape index (κ1) is 15.5. The molecule has 0 saturated heterocycles. The van der Waals surface area contributed by atoms with Crippen LogP contribution in [0.25, 0.3) is 0 Å². The van der Waals surface area contributed by atoms with E-state index in [2.05, 4.69) is 5.32 Å². The Balaban J connectivity index is 2.49. The van der Waals surface area contributed by atoms with Crippen LogP contribution in [0.3, 0.4) is 0 Å². The highest BCUT2D eigenvalue weighted by molar-refractivity contribution is 5.76. The lowest BCUT2D eigenvalue weighted by molar-refractivity contribution is -0.122. The molecular formula is C15H24N2O2. The van der Waals surface area contributed by atoms with E-state index in [0.717, 1.165) is 11.3 Å². The Kier molecular flexibility index (Phi) is 5.36. The van der Waals surface area contributed by atoms with Gasteiger partial charge in [0, 0.05) is 12.0 Å². The van der Waals surface area contributed by atoms with Crippen molar-refractivity contribution >= 4 is 5.91 Å². The first-order valence-electron chi connectivity index (χ1n) is 6.54. The minimum atomic E-state index is -0.305. The smallest absolute Gasteiger partial charge is 0.220 e. The van der Waals surface area contributed by atoms with Gasteiger partial charge in [0.1, 0.15) is 5.75 Å². The third-order valence-electron chi connectivity index (χ3n) is 2.99. The van der Waals surface area contributed by atoms with Gasteiger partial charge in [0.05, 0.1) is 13.2 Å². The van der Waals surface area contributed by atoms with E-state index in [1.165, 1.54) is 0 Å². The molecular weight excluding hydrogens is 240 g/mol. The number of carbonyl (C=O) groups is 1. The Hall–Kier alpha value is -1.55. The Labute approximate surface area is 115 Å². The van der Waals surface area contributed by atoms with Gasteiger partial charge in [0.15, 0.2) is 0 Å². The van der Waals surface area contributed by atoms with Crippen LogP contribution in [0.5, 0.6) is 5.75 Å². The van der Waals surface area contributed by atoms with Gasteiger partial charge in [-0.2, -0.15) is 0 Å². The van der Waals surface area contributed by atoms with Crippen LogP contribution >= 0.6 is 0 Å². The largest absolute Gasteiger partial charge is 0.497 e. The number of nitrogens with one attached hydrogen (secondary N) is 1. The topological polar surface area (TPSA) is 64.3 Å². The minimum Gasteiger partial charge on any atom is -0.497 e. The van der Waals surface area contributed by atoms with E-state index in [9.17, 15) is 4.79 Å². The number of benzene rings is 1. The fraction of sp³-hybridized carbons (Fsp3) is 0.533. The molecule has 3 N–H and O–H groups in total. The highest BCUT2D eigenvalue weighted by Crippen LogP contribution is 2.17. The summed E-state index contributed by atoms with van der Waals surface area (Å²) >= 11 is 0. The number of hydrogen-bond acceptors (Lipinski definition) is 3. The molecule has 19 heavy (non-hydrogen) atoms. The summed E-state index contributed by atoms with van der Waals surface area (Å²) in [5.41, 5.74) is 6.62. The van der Waals surface area contributed by atoms with Gasteiger partial charge in [-0.15, -0.1) is 0 Å². The molecule has 4 nitrogen and oxygen atoms in total. The molecule has 0 aliphatic carbocycles. The van der Waals surface area contributed by atoms with Crippen molar-refractivity contribution in [1.29, 1.82) is 0 Å². The van der Waals surface area contributed by atoms with Crippen LogP contribution in [0.4, 0.5) is 0 Å². The summed E-state index contributed by atoms with van der Waals surface area (Å²) in [4.78, 5) is 11.8. The molecule has 0 saturated carbocycles. The van der Waals surface area contributed by atoms with Crippen LogP contribution in [0.15, 0.2) is 24.3 Å². The molecule has 0 bridgehead atoms. The maximum Gasteiger partial charge on any atom is 0.220 e. The van der Waals surface area contributed by atoms with Gasteiger partial charge < -0.3 is 15.8 Å². The van der Waals surface area contributed by atoms with Gasteiger partial charge in [-0.1, -0.05) is 12.1 Å². The van der Waals surface area contributed by atoms with Crippen LogP contribution in [0.2, 0.25) is 0 Å². The molecule has 0 spiro atoms. The van der Waals surface area contributed by atoms with Gasteiger partial charge in [-0.25, -0.2) is 0 Å². The van der Waals surface area contributed by atoms with Crippen LogP contribution in [0, 0.1) is 0 Å². The molecule has 1 amide bonds. The Morgan fingerprint density at radius 3 is 2.42 bits per heavy atom. The molecule has 0 unspecified atom stereocenters. The average Bonchev–Trinajstić information content (AvgIpc) is 2.35. The number of hydrogen-bond donors (Lipinski definition) is 2. The average molecular weight is 264 g/mol. The van der Waals surface area contributed by atoms with Crippen LogP contribution in [0.1, 0.15) is 45.2 Å². The molecule has 0 fully saturated rings. The summed E-state index contributed by atoms with van der Waals surface area (Å²) in [7, 11) is 1.63.